The van der Waals surface area contributed by atoms with Crippen LogP contribution in [0.5, 0.6) is 0 Å². The Kier molecular flexibility index (Phi) is 5.08. The Balaban J connectivity index is 2.04. The minimum absolute atomic E-state index is 0.230. The molecule has 0 fully saturated rings. The first-order valence-electron chi connectivity index (χ1n) is 11.5. The van der Waals surface area contributed by atoms with E-state index >= 15 is 0 Å². The minimum Gasteiger partial charge on any atom is -0.476 e. The van der Waals surface area contributed by atoms with Crippen molar-refractivity contribution in [3.63, 3.8) is 0 Å². The number of hydrogen-bond donors (Lipinski definition) is 3. The Bertz CT molecular complexity index is 1540. The molecule has 0 atom stereocenters. The summed E-state index contributed by atoms with van der Waals surface area (Å²) >= 11 is 0. The summed E-state index contributed by atoms with van der Waals surface area (Å²) in [5.74, 6) is -1.30. The zero-order valence-corrected chi connectivity index (χ0v) is 20.5. The van der Waals surface area contributed by atoms with Gasteiger partial charge in [0.1, 0.15) is 6.07 Å². The van der Waals surface area contributed by atoms with E-state index in [1.165, 1.54) is 0 Å². The number of aromatic nitrogens is 2. The number of anilines is 2. The van der Waals surface area contributed by atoms with Crippen molar-refractivity contribution in [3.05, 3.63) is 105 Å². The molecule has 1 aliphatic rings. The molecule has 4 aromatic rings. The summed E-state index contributed by atoms with van der Waals surface area (Å²) in [6, 6.07) is 17.8. The molecule has 0 bridgehead atoms. The molecular weight excluding hydrogens is 450 g/mol. The van der Waals surface area contributed by atoms with Crippen molar-refractivity contribution in [2.24, 2.45) is 0 Å². The van der Waals surface area contributed by atoms with Gasteiger partial charge in [-0.1, -0.05) is 48.5 Å². The summed E-state index contributed by atoms with van der Waals surface area (Å²) in [5, 5.41) is 19.6. The number of aromatic carboxylic acids is 1. The summed E-state index contributed by atoms with van der Waals surface area (Å²) in [6.07, 6.45) is 0. The van der Waals surface area contributed by atoms with Gasteiger partial charge in [-0.15, -0.1) is 0 Å². The highest BCUT2D eigenvalue weighted by atomic mass is 16.4. The molecule has 0 radical (unpaired) electrons. The monoisotopic (exact) mass is 475 g/mol. The van der Waals surface area contributed by atoms with Crippen LogP contribution in [-0.4, -0.2) is 21.0 Å². The van der Waals surface area contributed by atoms with E-state index in [1.54, 1.807) is 0 Å². The lowest BCUT2D eigenvalue weighted by atomic mass is 9.68. The molecule has 7 nitrogen and oxygen atoms in total. The van der Waals surface area contributed by atoms with Gasteiger partial charge in [-0.3, -0.25) is 0 Å². The third kappa shape index (κ3) is 3.01. The number of rotatable bonds is 3. The number of aryl methyl sites for hydroxylation is 4. The van der Waals surface area contributed by atoms with Crippen LogP contribution in [-0.2, 0) is 5.41 Å². The van der Waals surface area contributed by atoms with Crippen molar-refractivity contribution in [2.45, 2.75) is 33.1 Å². The number of carbonyl (C=O) groups is 1. The third-order valence-corrected chi connectivity index (χ3v) is 7.20. The highest BCUT2D eigenvalue weighted by molar-refractivity contribution is 5.91. The topological polar surface area (TPSA) is 139 Å². The van der Waals surface area contributed by atoms with Gasteiger partial charge in [0.25, 0.3) is 0 Å². The summed E-state index contributed by atoms with van der Waals surface area (Å²) in [6.45, 7) is 7.84. The Morgan fingerprint density at radius 1 is 0.889 bits per heavy atom. The maximum absolute atomic E-state index is 12.0. The highest BCUT2D eigenvalue weighted by Crippen LogP contribution is 2.55. The quantitative estimate of drug-likeness (QED) is 0.318. The standard InChI is InChI=1S/C29H25N5O2/c1-14-9-18(10-15(2)23(14)31)29(19-11-16(3)24(32)17(4)12-19)21-8-6-5-7-20(21)25-27(29)33-22(13-30)26(34-25)28(35)36/h5-12H,31-32H2,1-4H3,(H,35,36). The van der Waals surface area contributed by atoms with Gasteiger partial charge < -0.3 is 16.6 Å². The molecule has 0 saturated carbocycles. The fourth-order valence-electron chi connectivity index (χ4n) is 5.39. The molecule has 0 amide bonds. The maximum Gasteiger partial charge on any atom is 0.357 e. The number of hydrogen-bond acceptors (Lipinski definition) is 6. The number of benzene rings is 3. The normalized spacial score (nSPS) is 13.1. The molecule has 0 saturated heterocycles. The van der Waals surface area contributed by atoms with E-state index in [0.717, 1.165) is 44.5 Å². The molecule has 178 valence electrons. The van der Waals surface area contributed by atoms with Crippen LogP contribution in [0, 0.1) is 39.0 Å². The van der Waals surface area contributed by atoms with E-state index in [1.807, 2.05) is 82.3 Å². The average Bonchev–Trinajstić information content (AvgIpc) is 3.14. The molecule has 1 aliphatic carbocycles. The van der Waals surface area contributed by atoms with Crippen LogP contribution >= 0.6 is 0 Å². The van der Waals surface area contributed by atoms with E-state index < -0.39 is 11.4 Å². The Labute approximate surface area is 209 Å². The van der Waals surface area contributed by atoms with Gasteiger partial charge in [-0.25, -0.2) is 14.8 Å². The Morgan fingerprint density at radius 3 is 1.86 bits per heavy atom. The van der Waals surface area contributed by atoms with Crippen molar-refractivity contribution < 1.29 is 9.90 Å². The average molecular weight is 476 g/mol. The van der Waals surface area contributed by atoms with E-state index in [9.17, 15) is 15.2 Å². The zero-order valence-electron chi connectivity index (χ0n) is 20.5. The van der Waals surface area contributed by atoms with E-state index in [2.05, 4.69) is 4.98 Å². The van der Waals surface area contributed by atoms with Crippen LogP contribution in [0.1, 0.15) is 60.8 Å². The molecule has 0 unspecified atom stereocenters. The maximum atomic E-state index is 12.0. The van der Waals surface area contributed by atoms with Gasteiger partial charge in [0.15, 0.2) is 11.4 Å². The number of fused-ring (bicyclic) bond motifs is 3. The van der Waals surface area contributed by atoms with Crippen molar-refractivity contribution in [2.75, 3.05) is 11.5 Å². The van der Waals surface area contributed by atoms with Gasteiger partial charge in [-0.2, -0.15) is 5.26 Å². The number of carboxylic acids is 1. The zero-order chi connectivity index (χ0) is 25.9. The number of nitrogens with zero attached hydrogens (tertiary/aromatic N) is 3. The lowest BCUT2D eigenvalue weighted by molar-refractivity contribution is 0.0689. The second-order valence-corrected chi connectivity index (χ2v) is 9.38. The number of nitrogens with two attached hydrogens (primary N) is 2. The van der Waals surface area contributed by atoms with E-state index in [4.69, 9.17) is 16.5 Å². The molecule has 0 spiro atoms. The summed E-state index contributed by atoms with van der Waals surface area (Å²) in [5.41, 5.74) is 20.6. The van der Waals surface area contributed by atoms with Gasteiger partial charge >= 0.3 is 5.97 Å². The Hall–Kier alpha value is -4.70. The highest BCUT2D eigenvalue weighted by Gasteiger charge is 2.49. The third-order valence-electron chi connectivity index (χ3n) is 7.20. The molecule has 5 N–H and O–H groups in total. The second-order valence-electron chi connectivity index (χ2n) is 9.38. The van der Waals surface area contributed by atoms with Gasteiger partial charge in [0.2, 0.25) is 0 Å². The fraction of sp³-hybridized carbons (Fsp3) is 0.172. The van der Waals surface area contributed by atoms with Gasteiger partial charge in [0.05, 0.1) is 16.8 Å². The van der Waals surface area contributed by atoms with Crippen LogP contribution in [0.25, 0.3) is 11.3 Å². The van der Waals surface area contributed by atoms with Crippen LogP contribution in [0.15, 0.2) is 48.5 Å². The molecule has 1 aromatic heterocycles. The molecule has 36 heavy (non-hydrogen) atoms. The molecular formula is C29H25N5O2. The van der Waals surface area contributed by atoms with Gasteiger partial charge in [0, 0.05) is 16.9 Å². The van der Waals surface area contributed by atoms with Crippen molar-refractivity contribution in [1.82, 2.24) is 9.97 Å². The summed E-state index contributed by atoms with van der Waals surface area (Å²) in [4.78, 5) is 21.2. The number of nitrogen functional groups attached to an aromatic ring is 2. The predicted octanol–water partition coefficient (Wildman–Crippen LogP) is 4.81. The molecule has 0 aliphatic heterocycles. The first kappa shape index (κ1) is 23.1. The van der Waals surface area contributed by atoms with Crippen LogP contribution in [0.3, 0.4) is 0 Å². The first-order valence-corrected chi connectivity index (χ1v) is 11.5. The Morgan fingerprint density at radius 2 is 1.39 bits per heavy atom. The molecule has 5 rings (SSSR count). The largest absolute Gasteiger partial charge is 0.476 e. The fourth-order valence-corrected chi connectivity index (χ4v) is 5.39. The number of carboxylic acid groups (broad SMARTS) is 1. The second kappa shape index (κ2) is 7.92. The van der Waals surface area contributed by atoms with E-state index in [0.29, 0.717) is 22.8 Å². The molecule has 1 heterocycles. The van der Waals surface area contributed by atoms with Crippen molar-refractivity contribution in [1.29, 1.82) is 5.26 Å². The number of nitriles is 1. The van der Waals surface area contributed by atoms with Crippen molar-refractivity contribution >= 4 is 17.3 Å². The summed E-state index contributed by atoms with van der Waals surface area (Å²) < 4.78 is 0. The molecule has 7 heteroatoms. The SMILES string of the molecule is Cc1cc(C2(c3cc(C)c(N)c(C)c3)c3ccccc3-c3nc(C(=O)O)c(C#N)nc32)cc(C)c1N. The van der Waals surface area contributed by atoms with Crippen molar-refractivity contribution in [3.8, 4) is 17.3 Å². The van der Waals surface area contributed by atoms with E-state index in [-0.39, 0.29) is 11.4 Å². The smallest absolute Gasteiger partial charge is 0.357 e. The summed E-state index contributed by atoms with van der Waals surface area (Å²) in [7, 11) is 0. The minimum atomic E-state index is -1.30. The lowest BCUT2D eigenvalue weighted by Gasteiger charge is -2.34. The lowest BCUT2D eigenvalue weighted by Crippen LogP contribution is -2.31. The first-order chi connectivity index (χ1) is 17.1. The van der Waals surface area contributed by atoms with Gasteiger partial charge in [-0.05, 0) is 66.6 Å². The molecule has 3 aromatic carbocycles. The van der Waals surface area contributed by atoms with Crippen LogP contribution in [0.2, 0.25) is 0 Å². The van der Waals surface area contributed by atoms with Crippen LogP contribution < -0.4 is 11.5 Å². The van der Waals surface area contributed by atoms with Crippen LogP contribution in [0.4, 0.5) is 11.4 Å². The predicted molar refractivity (Wildman–Crippen MR) is 139 cm³/mol.